The summed E-state index contributed by atoms with van der Waals surface area (Å²) in [4.78, 5) is 19.1. The molecule has 1 atom stereocenters. The van der Waals surface area contributed by atoms with Crippen molar-refractivity contribution in [3.63, 3.8) is 0 Å². The van der Waals surface area contributed by atoms with Gasteiger partial charge in [-0.25, -0.2) is 4.98 Å². The molecule has 4 heterocycles. The number of furan rings is 1. The summed E-state index contributed by atoms with van der Waals surface area (Å²) in [6, 6.07) is 7.45. The maximum absolute atomic E-state index is 13.7. The van der Waals surface area contributed by atoms with Gasteiger partial charge in [-0.2, -0.15) is 0 Å². The van der Waals surface area contributed by atoms with E-state index in [1.54, 1.807) is 16.9 Å². The van der Waals surface area contributed by atoms with Gasteiger partial charge >= 0.3 is 0 Å². The highest BCUT2D eigenvalue weighted by Gasteiger charge is 2.24. The molecule has 0 spiro atoms. The molecule has 1 saturated heterocycles. The number of rotatable bonds is 6. The summed E-state index contributed by atoms with van der Waals surface area (Å²) < 4.78 is 13.8. The smallest absolute Gasteiger partial charge is 0.263 e. The first-order valence-electron chi connectivity index (χ1n) is 10.5. The van der Waals surface area contributed by atoms with E-state index in [0.717, 1.165) is 49.7 Å². The quantitative estimate of drug-likeness (QED) is 0.466. The van der Waals surface area contributed by atoms with Crippen LogP contribution in [0.2, 0.25) is 0 Å². The fraction of sp³-hybridized carbons (Fsp3) is 0.391. The zero-order valence-corrected chi connectivity index (χ0v) is 17.7. The van der Waals surface area contributed by atoms with Crippen LogP contribution in [0.5, 0.6) is 5.75 Å². The second kappa shape index (κ2) is 7.89. The van der Waals surface area contributed by atoms with E-state index in [4.69, 9.17) is 14.1 Å². The summed E-state index contributed by atoms with van der Waals surface area (Å²) in [5.41, 5.74) is 0.932. The van der Waals surface area contributed by atoms with E-state index in [0.29, 0.717) is 33.0 Å². The van der Waals surface area contributed by atoms with Gasteiger partial charge in [0.05, 0.1) is 29.0 Å². The zero-order valence-electron chi connectivity index (χ0n) is 16.9. The van der Waals surface area contributed by atoms with Crippen molar-refractivity contribution in [3.8, 4) is 17.3 Å². The highest BCUT2D eigenvalue weighted by Crippen LogP contribution is 2.38. The Labute approximate surface area is 177 Å². The summed E-state index contributed by atoms with van der Waals surface area (Å²) in [6.07, 6.45) is 6.49. The Morgan fingerprint density at radius 1 is 1.37 bits per heavy atom. The average Bonchev–Trinajstić information content (AvgIpc) is 3.49. The molecule has 7 heteroatoms. The Kier molecular flexibility index (Phi) is 5.08. The molecule has 3 aromatic heterocycles. The lowest BCUT2D eigenvalue weighted by molar-refractivity contribution is 0.0964. The van der Waals surface area contributed by atoms with E-state index in [1.807, 2.05) is 18.2 Å². The Hall–Kier alpha value is -2.64. The molecular formula is C23H24N2O4S. The second-order valence-corrected chi connectivity index (χ2v) is 8.84. The molecule has 0 bridgehead atoms. The first-order valence-corrected chi connectivity index (χ1v) is 11.3. The van der Waals surface area contributed by atoms with Crippen LogP contribution in [-0.4, -0.2) is 27.4 Å². The molecule has 156 valence electrons. The Morgan fingerprint density at radius 2 is 2.27 bits per heavy atom. The highest BCUT2D eigenvalue weighted by atomic mass is 32.1. The summed E-state index contributed by atoms with van der Waals surface area (Å²) in [6.45, 7) is 3.31. The molecule has 1 aromatic carbocycles. The van der Waals surface area contributed by atoms with E-state index in [-0.39, 0.29) is 17.4 Å². The van der Waals surface area contributed by atoms with Gasteiger partial charge in [0.1, 0.15) is 10.6 Å². The van der Waals surface area contributed by atoms with Gasteiger partial charge in [0, 0.05) is 12.0 Å². The fourth-order valence-electron chi connectivity index (χ4n) is 4.18. The molecule has 0 aliphatic carbocycles. The Bertz CT molecular complexity index is 1250. The summed E-state index contributed by atoms with van der Waals surface area (Å²) >= 11 is 1.35. The van der Waals surface area contributed by atoms with Gasteiger partial charge in [-0.15, -0.1) is 11.3 Å². The van der Waals surface area contributed by atoms with Crippen LogP contribution >= 0.6 is 11.3 Å². The molecule has 4 aromatic rings. The van der Waals surface area contributed by atoms with Crippen molar-refractivity contribution in [2.45, 2.75) is 51.7 Å². The van der Waals surface area contributed by atoms with Crippen molar-refractivity contribution < 1.29 is 14.3 Å². The number of aryl methyl sites for hydroxylation is 1. The predicted molar refractivity (Wildman–Crippen MR) is 118 cm³/mol. The number of aromatic hydroxyl groups is 1. The maximum atomic E-state index is 13.7. The number of fused-ring (bicyclic) bond motifs is 3. The van der Waals surface area contributed by atoms with Crippen molar-refractivity contribution >= 4 is 31.6 Å². The number of hydrogen-bond acceptors (Lipinski definition) is 6. The third kappa shape index (κ3) is 3.32. The number of ether oxygens (including phenoxy) is 1. The highest BCUT2D eigenvalue weighted by molar-refractivity contribution is 7.25. The number of aromatic nitrogens is 2. The minimum absolute atomic E-state index is 0.00548. The summed E-state index contributed by atoms with van der Waals surface area (Å²) in [5.74, 6) is 1.27. The standard InChI is InChI=1S/C23H24N2O4S/c1-2-3-6-14-11-16-19-22(30-20(16)17(26)12-14)24-21(18-8-5-10-29-18)25(23(19)27)13-15-7-4-9-28-15/h5,8,10-12,15,26H,2-4,6-7,9,13H2,1H3. The van der Waals surface area contributed by atoms with Crippen LogP contribution in [0, 0.1) is 0 Å². The van der Waals surface area contributed by atoms with E-state index in [2.05, 4.69) is 6.92 Å². The van der Waals surface area contributed by atoms with Gasteiger partial charge in [-0.05, 0) is 55.5 Å². The zero-order chi connectivity index (χ0) is 20.7. The van der Waals surface area contributed by atoms with Gasteiger partial charge in [0.15, 0.2) is 11.6 Å². The number of phenols is 1. The normalized spacial score (nSPS) is 16.8. The molecule has 1 N–H and O–H groups in total. The van der Waals surface area contributed by atoms with Crippen LogP contribution in [0.15, 0.2) is 39.7 Å². The van der Waals surface area contributed by atoms with Gasteiger partial charge in [-0.3, -0.25) is 9.36 Å². The SMILES string of the molecule is CCCCc1cc(O)c2sc3nc(-c4ccco4)n(CC4CCCO4)c(=O)c3c2c1. The van der Waals surface area contributed by atoms with Crippen LogP contribution in [0.4, 0.5) is 0 Å². The molecule has 0 saturated carbocycles. The molecule has 1 fully saturated rings. The van der Waals surface area contributed by atoms with Crippen molar-refractivity contribution in [2.24, 2.45) is 0 Å². The van der Waals surface area contributed by atoms with E-state index < -0.39 is 0 Å². The topological polar surface area (TPSA) is 77.5 Å². The van der Waals surface area contributed by atoms with Crippen LogP contribution < -0.4 is 5.56 Å². The van der Waals surface area contributed by atoms with Gasteiger partial charge in [0.2, 0.25) is 0 Å². The fourth-order valence-corrected chi connectivity index (χ4v) is 5.24. The number of unbranched alkanes of at least 4 members (excludes halogenated alkanes) is 1. The first kappa shape index (κ1) is 19.3. The monoisotopic (exact) mass is 424 g/mol. The number of nitrogens with zero attached hydrogens (tertiary/aromatic N) is 2. The van der Waals surface area contributed by atoms with Crippen LogP contribution in [0.3, 0.4) is 0 Å². The van der Waals surface area contributed by atoms with Crippen molar-refractivity contribution in [1.29, 1.82) is 0 Å². The predicted octanol–water partition coefficient (Wildman–Crippen LogP) is 5.10. The summed E-state index contributed by atoms with van der Waals surface area (Å²) in [5, 5.41) is 12.0. The third-order valence-electron chi connectivity index (χ3n) is 5.70. The van der Waals surface area contributed by atoms with Crippen molar-refractivity contribution in [3.05, 3.63) is 46.4 Å². The number of hydrogen-bond donors (Lipinski definition) is 1. The molecule has 5 rings (SSSR count). The lowest BCUT2D eigenvalue weighted by atomic mass is 10.0. The minimum atomic E-state index is -0.111. The molecule has 1 aliphatic heterocycles. The average molecular weight is 425 g/mol. The Balaban J connectivity index is 1.75. The van der Waals surface area contributed by atoms with E-state index in [1.165, 1.54) is 11.3 Å². The molecule has 30 heavy (non-hydrogen) atoms. The largest absolute Gasteiger partial charge is 0.506 e. The minimum Gasteiger partial charge on any atom is -0.506 e. The Morgan fingerprint density at radius 3 is 3.00 bits per heavy atom. The molecule has 1 aliphatic rings. The van der Waals surface area contributed by atoms with Gasteiger partial charge < -0.3 is 14.3 Å². The van der Waals surface area contributed by atoms with Crippen LogP contribution in [0.1, 0.15) is 38.2 Å². The number of benzene rings is 1. The lowest BCUT2D eigenvalue weighted by Gasteiger charge is -2.15. The van der Waals surface area contributed by atoms with E-state index in [9.17, 15) is 9.90 Å². The molecule has 6 nitrogen and oxygen atoms in total. The van der Waals surface area contributed by atoms with Gasteiger partial charge in [-0.1, -0.05) is 13.3 Å². The van der Waals surface area contributed by atoms with Gasteiger partial charge in [0.25, 0.3) is 5.56 Å². The lowest BCUT2D eigenvalue weighted by Crippen LogP contribution is -2.28. The maximum Gasteiger partial charge on any atom is 0.263 e. The molecular weight excluding hydrogens is 400 g/mol. The number of thiophene rings is 1. The van der Waals surface area contributed by atoms with Crippen molar-refractivity contribution in [2.75, 3.05) is 6.61 Å². The molecule has 1 unspecified atom stereocenters. The van der Waals surface area contributed by atoms with Crippen molar-refractivity contribution in [1.82, 2.24) is 9.55 Å². The first-order chi connectivity index (χ1) is 14.7. The second-order valence-electron chi connectivity index (χ2n) is 7.84. The van der Waals surface area contributed by atoms with Crippen LogP contribution in [-0.2, 0) is 17.7 Å². The van der Waals surface area contributed by atoms with Crippen LogP contribution in [0.25, 0.3) is 31.9 Å². The van der Waals surface area contributed by atoms with E-state index >= 15 is 0 Å². The molecule has 0 amide bonds. The third-order valence-corrected chi connectivity index (χ3v) is 6.83. The number of phenolic OH excluding ortho intramolecular Hbond substituents is 1. The summed E-state index contributed by atoms with van der Waals surface area (Å²) in [7, 11) is 0. The molecule has 0 radical (unpaired) electrons.